The molecule has 1 unspecified atom stereocenters. The van der Waals surface area contributed by atoms with Gasteiger partial charge in [0.15, 0.2) is 11.5 Å². The molecule has 2 aromatic rings. The van der Waals surface area contributed by atoms with Gasteiger partial charge in [-0.25, -0.2) is 0 Å². The molecule has 5 nitrogen and oxygen atoms in total. The molecule has 2 heterocycles. The number of nitrogens with zero attached hydrogens (tertiary/aromatic N) is 2. The van der Waals surface area contributed by atoms with Gasteiger partial charge in [-0.3, -0.25) is 4.68 Å². The highest BCUT2D eigenvalue weighted by molar-refractivity contribution is 6.31. The first-order chi connectivity index (χ1) is 9.16. The van der Waals surface area contributed by atoms with Crippen molar-refractivity contribution in [1.29, 1.82) is 0 Å². The predicted octanol–water partition coefficient (Wildman–Crippen LogP) is 1.93. The summed E-state index contributed by atoms with van der Waals surface area (Å²) >= 11 is 6.03. The average Bonchev–Trinajstić information content (AvgIpc) is 2.77. The Morgan fingerprint density at radius 1 is 1.32 bits per heavy atom. The lowest BCUT2D eigenvalue weighted by Gasteiger charge is -2.20. The molecule has 0 aliphatic carbocycles. The zero-order valence-corrected chi connectivity index (χ0v) is 11.1. The molecule has 1 N–H and O–H groups in total. The van der Waals surface area contributed by atoms with Crippen LogP contribution in [-0.2, 0) is 7.05 Å². The van der Waals surface area contributed by atoms with Crippen molar-refractivity contribution in [1.82, 2.24) is 9.78 Å². The first-order valence-electron chi connectivity index (χ1n) is 5.92. The van der Waals surface area contributed by atoms with Gasteiger partial charge in [0.25, 0.3) is 0 Å². The molecule has 1 aliphatic rings. The van der Waals surface area contributed by atoms with E-state index in [4.69, 9.17) is 21.1 Å². The van der Waals surface area contributed by atoms with Crippen LogP contribution in [0.2, 0.25) is 5.02 Å². The van der Waals surface area contributed by atoms with Gasteiger partial charge in [0.2, 0.25) is 0 Å². The Morgan fingerprint density at radius 2 is 2.05 bits per heavy atom. The molecular formula is C13H13ClN2O3. The topological polar surface area (TPSA) is 56.5 Å². The van der Waals surface area contributed by atoms with Gasteiger partial charge in [-0.1, -0.05) is 17.7 Å². The Morgan fingerprint density at radius 3 is 2.74 bits per heavy atom. The number of aryl methyl sites for hydroxylation is 1. The Labute approximate surface area is 115 Å². The van der Waals surface area contributed by atoms with Gasteiger partial charge >= 0.3 is 0 Å². The lowest BCUT2D eigenvalue weighted by atomic mass is 10.1. The number of aliphatic hydroxyl groups excluding tert-OH is 1. The van der Waals surface area contributed by atoms with Crippen LogP contribution >= 0.6 is 11.6 Å². The summed E-state index contributed by atoms with van der Waals surface area (Å²) in [5.41, 5.74) is 1.24. The summed E-state index contributed by atoms with van der Waals surface area (Å²) < 4.78 is 12.5. The van der Waals surface area contributed by atoms with Gasteiger partial charge in [-0.15, -0.1) is 0 Å². The average molecular weight is 281 g/mol. The van der Waals surface area contributed by atoms with Crippen molar-refractivity contribution in [3.8, 4) is 11.5 Å². The van der Waals surface area contributed by atoms with Gasteiger partial charge in [-0.05, 0) is 17.7 Å². The minimum absolute atomic E-state index is 0.435. The van der Waals surface area contributed by atoms with E-state index in [9.17, 15) is 5.11 Å². The van der Waals surface area contributed by atoms with Crippen LogP contribution in [0.1, 0.15) is 17.4 Å². The van der Waals surface area contributed by atoms with E-state index in [2.05, 4.69) is 5.10 Å². The minimum atomic E-state index is -0.851. The monoisotopic (exact) mass is 280 g/mol. The molecule has 100 valence electrons. The van der Waals surface area contributed by atoms with Crippen LogP contribution in [0.3, 0.4) is 0 Å². The van der Waals surface area contributed by atoms with Crippen molar-refractivity contribution < 1.29 is 14.6 Å². The van der Waals surface area contributed by atoms with Crippen LogP contribution in [0, 0.1) is 0 Å². The third kappa shape index (κ3) is 2.15. The third-order valence-electron chi connectivity index (χ3n) is 3.08. The molecule has 1 aliphatic heterocycles. The quantitative estimate of drug-likeness (QED) is 0.913. The largest absolute Gasteiger partial charge is 0.486 e. The van der Waals surface area contributed by atoms with E-state index in [1.807, 2.05) is 0 Å². The fraction of sp³-hybridized carbons (Fsp3) is 0.308. The summed E-state index contributed by atoms with van der Waals surface area (Å²) in [5.74, 6) is 1.33. The van der Waals surface area contributed by atoms with Crippen LogP contribution < -0.4 is 9.47 Å². The molecule has 0 saturated heterocycles. The first kappa shape index (κ1) is 12.3. The van der Waals surface area contributed by atoms with E-state index in [-0.39, 0.29) is 0 Å². The number of aromatic nitrogens is 2. The zero-order chi connectivity index (χ0) is 13.4. The van der Waals surface area contributed by atoms with Gasteiger partial charge in [0.05, 0.1) is 16.9 Å². The van der Waals surface area contributed by atoms with Crippen LogP contribution in [0.15, 0.2) is 24.4 Å². The summed E-state index contributed by atoms with van der Waals surface area (Å²) in [6, 6.07) is 5.35. The Kier molecular flexibility index (Phi) is 3.08. The van der Waals surface area contributed by atoms with Crippen LogP contribution in [-0.4, -0.2) is 28.1 Å². The lowest BCUT2D eigenvalue weighted by Crippen LogP contribution is -2.16. The van der Waals surface area contributed by atoms with Gasteiger partial charge in [0, 0.05) is 7.05 Å². The molecule has 19 heavy (non-hydrogen) atoms. The van der Waals surface area contributed by atoms with E-state index >= 15 is 0 Å². The summed E-state index contributed by atoms with van der Waals surface area (Å²) in [5, 5.41) is 14.9. The number of aliphatic hydroxyl groups is 1. The second-order valence-corrected chi connectivity index (χ2v) is 4.71. The fourth-order valence-electron chi connectivity index (χ4n) is 2.12. The van der Waals surface area contributed by atoms with E-state index in [1.165, 1.54) is 6.20 Å². The molecule has 0 bridgehead atoms. The second-order valence-electron chi connectivity index (χ2n) is 4.31. The minimum Gasteiger partial charge on any atom is -0.486 e. The van der Waals surface area contributed by atoms with E-state index in [1.54, 1.807) is 29.9 Å². The van der Waals surface area contributed by atoms with Crippen molar-refractivity contribution in [3.05, 3.63) is 40.7 Å². The Bertz CT molecular complexity index is 592. The van der Waals surface area contributed by atoms with Crippen molar-refractivity contribution >= 4 is 11.6 Å². The summed E-state index contributed by atoms with van der Waals surface area (Å²) in [6.45, 7) is 1.06. The first-order valence-corrected chi connectivity index (χ1v) is 6.29. The standard InChI is InChI=1S/C13H13ClN2O3/c1-16-12(9(14)7-15-16)13(17)8-2-3-10-11(6-8)19-5-4-18-10/h2-3,6-7,13,17H,4-5H2,1H3. The molecule has 3 rings (SSSR count). The number of halogens is 1. The fourth-order valence-corrected chi connectivity index (χ4v) is 2.38. The van der Waals surface area contributed by atoms with Crippen molar-refractivity contribution in [2.24, 2.45) is 7.05 Å². The van der Waals surface area contributed by atoms with E-state index in [0.717, 1.165) is 0 Å². The smallest absolute Gasteiger partial charge is 0.161 e. The van der Waals surface area contributed by atoms with E-state index in [0.29, 0.717) is 41.0 Å². The Balaban J connectivity index is 1.98. The number of hydrogen-bond donors (Lipinski definition) is 1. The number of fused-ring (bicyclic) bond motifs is 1. The molecule has 0 saturated carbocycles. The molecule has 1 aromatic carbocycles. The molecule has 1 atom stereocenters. The number of rotatable bonds is 2. The van der Waals surface area contributed by atoms with Gasteiger partial charge in [0.1, 0.15) is 19.3 Å². The third-order valence-corrected chi connectivity index (χ3v) is 3.37. The number of ether oxygens (including phenoxy) is 2. The lowest BCUT2D eigenvalue weighted by molar-refractivity contribution is 0.169. The van der Waals surface area contributed by atoms with Crippen LogP contribution in [0.5, 0.6) is 11.5 Å². The summed E-state index contributed by atoms with van der Waals surface area (Å²) in [7, 11) is 1.74. The predicted molar refractivity (Wildman–Crippen MR) is 69.7 cm³/mol. The SMILES string of the molecule is Cn1ncc(Cl)c1C(O)c1ccc2c(c1)OCCO2. The highest BCUT2D eigenvalue weighted by atomic mass is 35.5. The maximum Gasteiger partial charge on any atom is 0.161 e. The molecule has 0 spiro atoms. The molecule has 6 heteroatoms. The normalized spacial score (nSPS) is 15.3. The maximum atomic E-state index is 10.4. The van der Waals surface area contributed by atoms with Crippen molar-refractivity contribution in [3.63, 3.8) is 0 Å². The number of benzene rings is 1. The zero-order valence-electron chi connectivity index (χ0n) is 10.3. The van der Waals surface area contributed by atoms with Crippen LogP contribution in [0.4, 0.5) is 0 Å². The molecular weight excluding hydrogens is 268 g/mol. The summed E-state index contributed by atoms with van der Waals surface area (Å²) in [4.78, 5) is 0. The highest BCUT2D eigenvalue weighted by Gasteiger charge is 2.21. The van der Waals surface area contributed by atoms with E-state index < -0.39 is 6.10 Å². The molecule has 0 amide bonds. The number of hydrogen-bond acceptors (Lipinski definition) is 4. The van der Waals surface area contributed by atoms with Gasteiger partial charge in [-0.2, -0.15) is 5.10 Å². The molecule has 0 fully saturated rings. The second kappa shape index (κ2) is 4.75. The highest BCUT2D eigenvalue weighted by Crippen LogP contribution is 2.35. The summed E-state index contributed by atoms with van der Waals surface area (Å²) in [6.07, 6.45) is 0.661. The van der Waals surface area contributed by atoms with Crippen molar-refractivity contribution in [2.75, 3.05) is 13.2 Å². The van der Waals surface area contributed by atoms with Crippen LogP contribution in [0.25, 0.3) is 0 Å². The molecule has 1 aromatic heterocycles. The van der Waals surface area contributed by atoms with Crippen molar-refractivity contribution in [2.45, 2.75) is 6.10 Å². The maximum absolute atomic E-state index is 10.4. The Hall–Kier alpha value is -1.72. The van der Waals surface area contributed by atoms with Gasteiger partial charge < -0.3 is 14.6 Å². The molecule has 0 radical (unpaired) electrons.